The van der Waals surface area contributed by atoms with E-state index in [1.165, 1.54) is 6.92 Å². The van der Waals surface area contributed by atoms with Crippen LogP contribution in [0.4, 0.5) is 0 Å². The van der Waals surface area contributed by atoms with Gasteiger partial charge >= 0.3 is 0 Å². The van der Waals surface area contributed by atoms with E-state index in [1.807, 2.05) is 0 Å². The van der Waals surface area contributed by atoms with Gasteiger partial charge in [0.2, 0.25) is 0 Å². The van der Waals surface area contributed by atoms with Crippen LogP contribution in [0.3, 0.4) is 0 Å². The zero-order valence-electron chi connectivity index (χ0n) is 6.48. The van der Waals surface area contributed by atoms with Crippen molar-refractivity contribution in [1.82, 2.24) is 0 Å². The Balaban J connectivity index is 4.63. The molecule has 0 saturated heterocycles. The lowest BCUT2D eigenvalue weighted by molar-refractivity contribution is 0.0403. The minimum Gasteiger partial charge on any atom is -0.375 e. The Morgan fingerprint density at radius 1 is 1.64 bits per heavy atom. The number of hydrogen-bond donors (Lipinski definition) is 3. The Hall–Kier alpha value is -0.170. The Kier molecular flexibility index (Phi) is 3.01. The molecule has 0 radical (unpaired) electrons. The average molecular weight is 183 g/mol. The maximum atomic E-state index is 10.5. The highest BCUT2D eigenvalue weighted by atomic mass is 32.2. The van der Waals surface area contributed by atoms with Gasteiger partial charge in [-0.3, -0.25) is 4.55 Å². The lowest BCUT2D eigenvalue weighted by atomic mass is 10.1. The molecule has 6 heteroatoms. The summed E-state index contributed by atoms with van der Waals surface area (Å²) in [5.41, 5.74) is 3.31. The van der Waals surface area contributed by atoms with Crippen LogP contribution in [0.1, 0.15) is 20.3 Å². The van der Waals surface area contributed by atoms with Crippen LogP contribution in [-0.2, 0) is 10.1 Å². The Labute approximate surface area is 66.0 Å². The quantitative estimate of drug-likeness (QED) is 0.397. The highest BCUT2D eigenvalue weighted by Crippen LogP contribution is 2.14. The molecular formula is C5H13NO4S. The van der Waals surface area contributed by atoms with E-state index in [0.29, 0.717) is 0 Å². The first-order chi connectivity index (χ1) is 4.72. The minimum absolute atomic E-state index is 0.0634. The predicted molar refractivity (Wildman–Crippen MR) is 40.4 cm³/mol. The van der Waals surface area contributed by atoms with Gasteiger partial charge in [0.25, 0.3) is 10.1 Å². The molecule has 0 spiro atoms. The monoisotopic (exact) mass is 183 g/mol. The second-order valence-electron chi connectivity index (χ2n) is 2.50. The van der Waals surface area contributed by atoms with Crippen molar-refractivity contribution in [2.75, 3.05) is 0 Å². The molecule has 0 saturated carbocycles. The van der Waals surface area contributed by atoms with Crippen molar-refractivity contribution in [3.8, 4) is 0 Å². The summed E-state index contributed by atoms with van der Waals surface area (Å²) in [6.45, 7) is 2.68. The van der Waals surface area contributed by atoms with Gasteiger partial charge in [-0.15, -0.1) is 0 Å². The van der Waals surface area contributed by atoms with Crippen LogP contribution in [0, 0.1) is 0 Å². The van der Waals surface area contributed by atoms with Crippen LogP contribution in [0.2, 0.25) is 0 Å². The van der Waals surface area contributed by atoms with Gasteiger partial charge in [0.1, 0.15) is 11.0 Å². The zero-order chi connectivity index (χ0) is 9.28. The van der Waals surface area contributed by atoms with Crippen molar-refractivity contribution in [2.45, 2.75) is 31.2 Å². The first kappa shape index (κ1) is 10.8. The average Bonchev–Trinajstić information content (AvgIpc) is 1.84. The lowest BCUT2D eigenvalue weighted by Crippen LogP contribution is -2.52. The van der Waals surface area contributed by atoms with Crippen molar-refractivity contribution in [1.29, 1.82) is 0 Å². The number of rotatable bonds is 3. The summed E-state index contributed by atoms with van der Waals surface area (Å²) in [6.07, 6.45) is 0.0634. The maximum Gasteiger partial charge on any atom is 0.271 e. The molecule has 0 fully saturated rings. The van der Waals surface area contributed by atoms with E-state index in [1.54, 1.807) is 0 Å². The van der Waals surface area contributed by atoms with Crippen LogP contribution in [0.5, 0.6) is 0 Å². The summed E-state index contributed by atoms with van der Waals surface area (Å²) < 4.78 is 29.4. The molecule has 0 aromatic carbocycles. The smallest absolute Gasteiger partial charge is 0.271 e. The van der Waals surface area contributed by atoms with Crippen LogP contribution in [0.25, 0.3) is 0 Å². The molecule has 2 atom stereocenters. The van der Waals surface area contributed by atoms with Crippen molar-refractivity contribution in [2.24, 2.45) is 5.73 Å². The second kappa shape index (κ2) is 3.06. The van der Waals surface area contributed by atoms with E-state index >= 15 is 0 Å². The molecule has 0 aromatic heterocycles. The summed E-state index contributed by atoms with van der Waals surface area (Å²) in [4.78, 5) is 0. The van der Waals surface area contributed by atoms with Crippen molar-refractivity contribution >= 4 is 10.1 Å². The lowest BCUT2D eigenvalue weighted by Gasteiger charge is -2.25. The molecule has 0 aromatic rings. The molecule has 0 aliphatic rings. The first-order valence-corrected chi connectivity index (χ1v) is 4.69. The van der Waals surface area contributed by atoms with Gasteiger partial charge in [-0.2, -0.15) is 8.42 Å². The Morgan fingerprint density at radius 2 is 2.00 bits per heavy atom. The second-order valence-corrected chi connectivity index (χ2v) is 4.24. The topological polar surface area (TPSA) is 101 Å². The standard InChI is InChI=1S/C5H13NO4S/c1-3-5(6,7)4(2)11(8,9)10/h4,7H,3,6H2,1-2H3,(H,8,9,10). The van der Waals surface area contributed by atoms with Gasteiger partial charge in [-0.1, -0.05) is 6.92 Å². The fraction of sp³-hybridized carbons (Fsp3) is 1.00. The molecule has 0 bridgehead atoms. The summed E-state index contributed by atoms with van der Waals surface area (Å²) in [5.74, 6) is 0. The van der Waals surface area contributed by atoms with Gasteiger partial charge in [0.15, 0.2) is 0 Å². The van der Waals surface area contributed by atoms with Crippen LogP contribution in [0.15, 0.2) is 0 Å². The fourth-order valence-corrected chi connectivity index (χ4v) is 1.23. The summed E-state index contributed by atoms with van der Waals surface area (Å²) in [7, 11) is -4.25. The number of aliphatic hydroxyl groups is 1. The third-order valence-corrected chi connectivity index (χ3v) is 3.02. The first-order valence-electron chi connectivity index (χ1n) is 3.19. The van der Waals surface area contributed by atoms with Crippen LogP contribution in [-0.4, -0.2) is 29.1 Å². The van der Waals surface area contributed by atoms with Crippen molar-refractivity contribution < 1.29 is 18.1 Å². The zero-order valence-corrected chi connectivity index (χ0v) is 7.30. The van der Waals surface area contributed by atoms with Crippen LogP contribution < -0.4 is 5.73 Å². The molecule has 0 amide bonds. The summed E-state index contributed by atoms with van der Waals surface area (Å²) in [5, 5.41) is 7.80. The molecule has 11 heavy (non-hydrogen) atoms. The normalized spacial score (nSPS) is 20.8. The van der Waals surface area contributed by atoms with E-state index < -0.39 is 21.1 Å². The van der Waals surface area contributed by atoms with E-state index in [2.05, 4.69) is 0 Å². The summed E-state index contributed by atoms with van der Waals surface area (Å²) in [6, 6.07) is 0. The third kappa shape index (κ3) is 2.74. The molecule has 0 rings (SSSR count). The Bertz CT molecular complexity index is 221. The highest BCUT2D eigenvalue weighted by Gasteiger charge is 2.35. The van der Waals surface area contributed by atoms with Gasteiger partial charge in [-0.25, -0.2) is 0 Å². The third-order valence-electron chi connectivity index (χ3n) is 1.72. The number of hydrogen-bond acceptors (Lipinski definition) is 4. The molecule has 2 unspecified atom stereocenters. The molecule has 0 aliphatic carbocycles. The molecule has 0 heterocycles. The predicted octanol–water partition coefficient (Wildman–Crippen LogP) is -0.680. The van der Waals surface area contributed by atoms with Crippen LogP contribution >= 0.6 is 0 Å². The Morgan fingerprint density at radius 3 is 2.09 bits per heavy atom. The molecule has 5 nitrogen and oxygen atoms in total. The molecule has 4 N–H and O–H groups in total. The largest absolute Gasteiger partial charge is 0.375 e. The molecule has 68 valence electrons. The molecule has 0 aliphatic heterocycles. The fourth-order valence-electron chi connectivity index (χ4n) is 0.545. The maximum absolute atomic E-state index is 10.5. The van der Waals surface area contributed by atoms with Gasteiger partial charge < -0.3 is 10.8 Å². The highest BCUT2D eigenvalue weighted by molar-refractivity contribution is 7.86. The van der Waals surface area contributed by atoms with E-state index in [0.717, 1.165) is 6.92 Å². The SMILES string of the molecule is CCC(N)(O)C(C)S(=O)(=O)O. The van der Waals surface area contributed by atoms with E-state index in [4.69, 9.17) is 15.4 Å². The van der Waals surface area contributed by atoms with E-state index in [9.17, 15) is 8.42 Å². The van der Waals surface area contributed by atoms with Gasteiger partial charge in [-0.05, 0) is 13.3 Å². The van der Waals surface area contributed by atoms with E-state index in [-0.39, 0.29) is 6.42 Å². The van der Waals surface area contributed by atoms with Crippen molar-refractivity contribution in [3.63, 3.8) is 0 Å². The van der Waals surface area contributed by atoms with Crippen molar-refractivity contribution in [3.05, 3.63) is 0 Å². The van der Waals surface area contributed by atoms with Gasteiger partial charge in [0, 0.05) is 0 Å². The minimum atomic E-state index is -4.25. The van der Waals surface area contributed by atoms with Gasteiger partial charge in [0.05, 0.1) is 0 Å². The number of nitrogens with two attached hydrogens (primary N) is 1. The summed E-state index contributed by atoms with van der Waals surface area (Å²) >= 11 is 0. The molecular weight excluding hydrogens is 170 g/mol.